The summed E-state index contributed by atoms with van der Waals surface area (Å²) in [5, 5.41) is 11.0. The summed E-state index contributed by atoms with van der Waals surface area (Å²) >= 11 is 0. The summed E-state index contributed by atoms with van der Waals surface area (Å²) in [7, 11) is -2.45. The normalized spacial score (nSPS) is 23.2. The second-order valence-corrected chi connectivity index (χ2v) is 7.83. The Balaban J connectivity index is 2.48. The molecule has 7 heteroatoms. The first-order valence-corrected chi connectivity index (χ1v) is 8.59. The molecule has 0 aliphatic carbocycles. The lowest BCUT2D eigenvalue weighted by Crippen LogP contribution is -2.42. The number of carbonyl (C=O) groups excluding carboxylic acids is 1. The van der Waals surface area contributed by atoms with Gasteiger partial charge in [-0.25, -0.2) is 8.42 Å². The molecule has 1 aliphatic rings. The topological polar surface area (TPSA) is 86.7 Å². The van der Waals surface area contributed by atoms with E-state index < -0.39 is 16.0 Å². The Bertz CT molecular complexity index is 661. The van der Waals surface area contributed by atoms with E-state index in [1.165, 1.54) is 23.5 Å². The van der Waals surface area contributed by atoms with Gasteiger partial charge in [0.2, 0.25) is 10.0 Å². The van der Waals surface area contributed by atoms with Crippen LogP contribution in [-0.2, 0) is 10.0 Å². The Kier molecular flexibility index (Phi) is 4.77. The van der Waals surface area contributed by atoms with Crippen LogP contribution in [0.15, 0.2) is 23.1 Å². The first kappa shape index (κ1) is 16.8. The molecule has 6 nitrogen and oxygen atoms in total. The summed E-state index contributed by atoms with van der Waals surface area (Å²) in [4.78, 5) is 10.9. The van der Waals surface area contributed by atoms with Gasteiger partial charge in [-0.05, 0) is 42.0 Å². The average Bonchev–Trinajstić information content (AvgIpc) is 2.45. The van der Waals surface area contributed by atoms with E-state index in [0.717, 1.165) is 12.5 Å². The van der Waals surface area contributed by atoms with Gasteiger partial charge in [-0.2, -0.15) is 4.31 Å². The van der Waals surface area contributed by atoms with E-state index in [4.69, 9.17) is 4.74 Å². The van der Waals surface area contributed by atoms with Crippen LogP contribution in [-0.4, -0.2) is 38.9 Å². The number of nitrogens with zero attached hydrogens (tertiary/aromatic N) is 1. The molecule has 0 aromatic heterocycles. The summed E-state index contributed by atoms with van der Waals surface area (Å²) in [5.41, 5.74) is -0.183. The molecule has 1 aliphatic heterocycles. The first-order valence-electron chi connectivity index (χ1n) is 7.15. The van der Waals surface area contributed by atoms with Gasteiger partial charge in [-0.15, -0.1) is 0 Å². The van der Waals surface area contributed by atoms with E-state index in [9.17, 15) is 18.3 Å². The number of rotatable bonds is 4. The highest BCUT2D eigenvalue weighted by Gasteiger charge is 2.33. The van der Waals surface area contributed by atoms with Crippen LogP contribution in [0, 0.1) is 11.8 Å². The summed E-state index contributed by atoms with van der Waals surface area (Å²) in [6.07, 6.45) is 0.974. The molecule has 0 bridgehead atoms. The van der Waals surface area contributed by atoms with Gasteiger partial charge in [0.25, 0.3) is 0 Å². The van der Waals surface area contributed by atoms with Crippen LogP contribution in [0.5, 0.6) is 5.75 Å². The SMILES string of the molecule is COc1ccc(C(=O)[O-])cc1S(=O)(=O)N1C[C@H](C)C[C@H](C)C1. The molecule has 1 saturated heterocycles. The summed E-state index contributed by atoms with van der Waals surface area (Å²) in [6.45, 7) is 4.86. The van der Waals surface area contributed by atoms with Crippen molar-refractivity contribution in [3.63, 3.8) is 0 Å². The average molecular weight is 326 g/mol. The fourth-order valence-electron chi connectivity index (χ4n) is 2.95. The molecule has 1 aromatic rings. The number of carbonyl (C=O) groups is 1. The van der Waals surface area contributed by atoms with Crippen LogP contribution in [0.2, 0.25) is 0 Å². The number of hydrogen-bond donors (Lipinski definition) is 0. The third kappa shape index (κ3) is 3.25. The number of piperidine rings is 1. The number of methoxy groups -OCH3 is 1. The van der Waals surface area contributed by atoms with Crippen molar-refractivity contribution in [1.82, 2.24) is 4.31 Å². The molecule has 2 atom stereocenters. The van der Waals surface area contributed by atoms with Crippen LogP contribution in [0.1, 0.15) is 30.6 Å². The lowest BCUT2D eigenvalue weighted by atomic mass is 9.94. The zero-order valence-corrected chi connectivity index (χ0v) is 13.7. The van der Waals surface area contributed by atoms with E-state index in [1.54, 1.807) is 0 Å². The number of carboxylic acid groups (broad SMARTS) is 1. The molecule has 0 N–H and O–H groups in total. The van der Waals surface area contributed by atoms with Gasteiger partial charge in [0.05, 0.1) is 13.1 Å². The first-order chi connectivity index (χ1) is 10.3. The highest BCUT2D eigenvalue weighted by atomic mass is 32.2. The zero-order chi connectivity index (χ0) is 16.5. The lowest BCUT2D eigenvalue weighted by Gasteiger charge is -2.34. The number of carboxylic acids is 1. The maximum Gasteiger partial charge on any atom is 0.246 e. The van der Waals surface area contributed by atoms with Gasteiger partial charge in [-0.3, -0.25) is 0 Å². The Labute approximate surface area is 130 Å². The second kappa shape index (κ2) is 6.26. The van der Waals surface area contributed by atoms with Gasteiger partial charge in [0.15, 0.2) is 0 Å². The Morgan fingerprint density at radius 2 is 1.86 bits per heavy atom. The smallest absolute Gasteiger partial charge is 0.246 e. The predicted molar refractivity (Wildman–Crippen MR) is 79.0 cm³/mol. The van der Waals surface area contributed by atoms with Crippen LogP contribution in [0.25, 0.3) is 0 Å². The standard InChI is InChI=1S/C15H21NO5S/c1-10-6-11(2)9-16(8-10)22(19,20)14-7-12(15(17)18)4-5-13(14)21-3/h4-5,7,10-11H,6,8-9H2,1-3H3,(H,17,18)/p-1/t10-,11+. The van der Waals surface area contributed by atoms with Crippen molar-refractivity contribution in [1.29, 1.82) is 0 Å². The van der Waals surface area contributed by atoms with Gasteiger partial charge in [0, 0.05) is 13.1 Å². The predicted octanol–water partition coefficient (Wildman–Crippen LogP) is 0.725. The van der Waals surface area contributed by atoms with Gasteiger partial charge >= 0.3 is 0 Å². The Morgan fingerprint density at radius 3 is 2.36 bits per heavy atom. The molecule has 0 saturated carbocycles. The van der Waals surface area contributed by atoms with Crippen molar-refractivity contribution >= 4 is 16.0 Å². The summed E-state index contributed by atoms with van der Waals surface area (Å²) in [5.74, 6) is -0.766. The fraction of sp³-hybridized carbons (Fsp3) is 0.533. The second-order valence-electron chi connectivity index (χ2n) is 5.92. The summed E-state index contributed by atoms with van der Waals surface area (Å²) < 4.78 is 32.2. The molecule has 1 fully saturated rings. The van der Waals surface area contributed by atoms with Crippen LogP contribution in [0.3, 0.4) is 0 Å². The molecule has 1 aromatic carbocycles. The number of benzene rings is 1. The van der Waals surface area contributed by atoms with Gasteiger partial charge in [-0.1, -0.05) is 13.8 Å². The van der Waals surface area contributed by atoms with Crippen LogP contribution < -0.4 is 9.84 Å². The number of hydrogen-bond acceptors (Lipinski definition) is 5. The maximum absolute atomic E-state index is 12.9. The van der Waals surface area contributed by atoms with Gasteiger partial charge in [0.1, 0.15) is 10.6 Å². The van der Waals surface area contributed by atoms with Crippen molar-refractivity contribution in [3.8, 4) is 5.75 Å². The third-order valence-corrected chi connectivity index (χ3v) is 5.71. The van der Waals surface area contributed by atoms with E-state index >= 15 is 0 Å². The highest BCUT2D eigenvalue weighted by molar-refractivity contribution is 7.89. The minimum absolute atomic E-state index is 0.127. The molecule has 0 unspecified atom stereocenters. The molecule has 0 amide bonds. The largest absolute Gasteiger partial charge is 0.545 e. The van der Waals surface area contributed by atoms with Crippen LogP contribution in [0.4, 0.5) is 0 Å². The minimum atomic E-state index is -3.81. The van der Waals surface area contributed by atoms with Crippen molar-refractivity contribution < 1.29 is 23.1 Å². The number of aromatic carboxylic acids is 1. The molecular weight excluding hydrogens is 306 g/mol. The number of sulfonamides is 1. The Morgan fingerprint density at radius 1 is 1.27 bits per heavy atom. The molecule has 0 radical (unpaired) electrons. The highest BCUT2D eigenvalue weighted by Crippen LogP contribution is 2.31. The van der Waals surface area contributed by atoms with Crippen molar-refractivity contribution in [2.45, 2.75) is 25.2 Å². The fourth-order valence-corrected chi connectivity index (χ4v) is 4.81. The van der Waals surface area contributed by atoms with E-state index in [2.05, 4.69) is 0 Å². The molecule has 122 valence electrons. The quantitative estimate of drug-likeness (QED) is 0.814. The summed E-state index contributed by atoms with van der Waals surface area (Å²) in [6, 6.07) is 3.72. The lowest BCUT2D eigenvalue weighted by molar-refractivity contribution is -0.255. The maximum atomic E-state index is 12.9. The van der Waals surface area contributed by atoms with E-state index in [-0.39, 0.29) is 28.0 Å². The van der Waals surface area contributed by atoms with Gasteiger partial charge < -0.3 is 14.6 Å². The molecule has 2 rings (SSSR count). The monoisotopic (exact) mass is 326 g/mol. The molecular formula is C15H20NO5S-. The van der Waals surface area contributed by atoms with Crippen molar-refractivity contribution in [3.05, 3.63) is 23.8 Å². The number of ether oxygens (including phenoxy) is 1. The Hall–Kier alpha value is -1.60. The van der Waals surface area contributed by atoms with Crippen molar-refractivity contribution in [2.24, 2.45) is 11.8 Å². The molecule has 1 heterocycles. The zero-order valence-electron chi connectivity index (χ0n) is 12.9. The minimum Gasteiger partial charge on any atom is -0.545 e. The molecule has 22 heavy (non-hydrogen) atoms. The van der Waals surface area contributed by atoms with Crippen molar-refractivity contribution in [2.75, 3.05) is 20.2 Å². The molecule has 0 spiro atoms. The van der Waals surface area contributed by atoms with Crippen LogP contribution >= 0.6 is 0 Å². The van der Waals surface area contributed by atoms with E-state index in [0.29, 0.717) is 13.1 Å². The third-order valence-electron chi connectivity index (χ3n) is 3.85. The van der Waals surface area contributed by atoms with E-state index in [1.807, 2.05) is 13.8 Å².